The lowest BCUT2D eigenvalue weighted by atomic mass is 10.2. The highest BCUT2D eigenvalue weighted by atomic mass is 16.1. The van der Waals surface area contributed by atoms with E-state index in [-0.39, 0.29) is 11.6 Å². The lowest BCUT2D eigenvalue weighted by molar-refractivity contribution is 0.335. The summed E-state index contributed by atoms with van der Waals surface area (Å²) in [6, 6.07) is 0.261. The van der Waals surface area contributed by atoms with Crippen molar-refractivity contribution in [3.63, 3.8) is 0 Å². The van der Waals surface area contributed by atoms with Gasteiger partial charge in [-0.1, -0.05) is 27.7 Å². The van der Waals surface area contributed by atoms with Crippen molar-refractivity contribution in [3.05, 3.63) is 16.0 Å². The van der Waals surface area contributed by atoms with Gasteiger partial charge in [-0.15, -0.1) is 0 Å². The first-order chi connectivity index (χ1) is 8.12. The van der Waals surface area contributed by atoms with Crippen molar-refractivity contribution in [2.24, 2.45) is 0 Å². The van der Waals surface area contributed by atoms with Crippen molar-refractivity contribution < 1.29 is 0 Å². The molecule has 98 valence electrons. The monoisotopic (exact) mass is 239 g/mol. The fourth-order valence-corrected chi connectivity index (χ4v) is 2.45. The molecule has 2 N–H and O–H groups in total. The Morgan fingerprint density at radius 3 is 2.18 bits per heavy atom. The third kappa shape index (κ3) is 2.40. The molecular weight excluding hydrogens is 214 g/mol. The molecule has 0 amide bonds. The predicted molar refractivity (Wildman–Crippen MR) is 72.4 cm³/mol. The largest absolute Gasteiger partial charge is 0.393 e. The number of nitrogen functional groups attached to an aromatic ring is 1. The van der Waals surface area contributed by atoms with Crippen molar-refractivity contribution in [1.29, 1.82) is 0 Å². The van der Waals surface area contributed by atoms with E-state index in [9.17, 15) is 4.79 Å². The van der Waals surface area contributed by atoms with E-state index in [0.717, 1.165) is 37.9 Å². The number of rotatable bonds is 6. The summed E-state index contributed by atoms with van der Waals surface area (Å²) in [5.74, 6) is 0. The summed E-state index contributed by atoms with van der Waals surface area (Å²) >= 11 is 0. The van der Waals surface area contributed by atoms with Gasteiger partial charge in [0.05, 0.1) is 11.7 Å². The molecule has 0 aliphatic carbocycles. The van der Waals surface area contributed by atoms with Gasteiger partial charge in [-0.3, -0.25) is 9.48 Å². The minimum atomic E-state index is -0.0102. The lowest BCUT2D eigenvalue weighted by Gasteiger charge is -2.20. The summed E-state index contributed by atoms with van der Waals surface area (Å²) in [5, 5.41) is 0. The zero-order valence-corrected chi connectivity index (χ0v) is 11.5. The van der Waals surface area contributed by atoms with E-state index in [2.05, 4.69) is 32.4 Å². The van der Waals surface area contributed by atoms with E-state index in [1.807, 2.05) is 4.68 Å². The minimum absolute atomic E-state index is 0.0102. The summed E-state index contributed by atoms with van der Waals surface area (Å²) in [6.07, 6.45) is 3.76. The Balaban J connectivity index is 3.40. The fraction of sp³-hybridized carbons (Fsp3) is 0.769. The highest BCUT2D eigenvalue weighted by Gasteiger charge is 2.20. The zero-order valence-electron chi connectivity index (χ0n) is 11.5. The summed E-state index contributed by atoms with van der Waals surface area (Å²) in [5.41, 5.74) is 7.36. The average Bonchev–Trinajstić information content (AvgIpc) is 2.56. The Kier molecular flexibility index (Phi) is 4.85. The average molecular weight is 239 g/mol. The Labute approximate surface area is 103 Å². The highest BCUT2D eigenvalue weighted by molar-refractivity contribution is 5.41. The van der Waals surface area contributed by atoms with Crippen LogP contribution in [0, 0.1) is 0 Å². The fourth-order valence-electron chi connectivity index (χ4n) is 2.45. The molecule has 0 bridgehead atoms. The molecule has 0 unspecified atom stereocenters. The van der Waals surface area contributed by atoms with Crippen LogP contribution < -0.4 is 11.3 Å². The maximum absolute atomic E-state index is 12.2. The van der Waals surface area contributed by atoms with Crippen LogP contribution in [0.25, 0.3) is 0 Å². The Morgan fingerprint density at radius 2 is 1.76 bits per heavy atom. The molecule has 0 saturated heterocycles. The van der Waals surface area contributed by atoms with Crippen LogP contribution in [-0.4, -0.2) is 9.36 Å². The summed E-state index contributed by atoms with van der Waals surface area (Å²) < 4.78 is 3.97. The second-order valence-electron chi connectivity index (χ2n) is 4.46. The van der Waals surface area contributed by atoms with Gasteiger partial charge in [-0.05, 0) is 25.7 Å². The second kappa shape index (κ2) is 5.94. The molecule has 0 fully saturated rings. The molecule has 0 radical (unpaired) electrons. The van der Waals surface area contributed by atoms with E-state index < -0.39 is 0 Å². The van der Waals surface area contributed by atoms with Crippen LogP contribution in [-0.2, 0) is 13.0 Å². The quantitative estimate of drug-likeness (QED) is 0.829. The molecule has 17 heavy (non-hydrogen) atoms. The number of aromatic nitrogens is 2. The number of nitrogens with zero attached hydrogens (tertiary/aromatic N) is 2. The molecular formula is C13H25N3O. The molecule has 4 nitrogen and oxygen atoms in total. The number of nitrogens with two attached hydrogens (primary N) is 1. The van der Waals surface area contributed by atoms with Gasteiger partial charge in [0.15, 0.2) is 0 Å². The zero-order chi connectivity index (χ0) is 13.0. The minimum Gasteiger partial charge on any atom is -0.393 e. The molecule has 0 aliphatic heterocycles. The second-order valence-corrected chi connectivity index (χ2v) is 4.46. The highest BCUT2D eigenvalue weighted by Crippen LogP contribution is 2.19. The first-order valence-corrected chi connectivity index (χ1v) is 6.71. The van der Waals surface area contributed by atoms with Crippen molar-refractivity contribution >= 4 is 5.69 Å². The Hall–Kier alpha value is -1.19. The molecule has 1 heterocycles. The van der Waals surface area contributed by atoms with Crippen LogP contribution in [0.2, 0.25) is 0 Å². The maximum Gasteiger partial charge on any atom is 0.290 e. The first kappa shape index (κ1) is 13.9. The summed E-state index contributed by atoms with van der Waals surface area (Å²) in [6.45, 7) is 9.27. The molecule has 0 atom stereocenters. The van der Waals surface area contributed by atoms with E-state index in [1.54, 1.807) is 0 Å². The third-order valence-corrected chi connectivity index (χ3v) is 3.38. The summed E-state index contributed by atoms with van der Waals surface area (Å²) in [7, 11) is 0. The molecule has 0 aliphatic rings. The Morgan fingerprint density at radius 1 is 1.18 bits per heavy atom. The predicted octanol–water partition coefficient (Wildman–Crippen LogP) is 2.57. The number of hydrogen-bond donors (Lipinski definition) is 1. The van der Waals surface area contributed by atoms with Crippen LogP contribution in [0.5, 0.6) is 0 Å². The normalized spacial score (nSPS) is 11.4. The third-order valence-electron chi connectivity index (χ3n) is 3.38. The van der Waals surface area contributed by atoms with Crippen molar-refractivity contribution in [1.82, 2.24) is 9.36 Å². The topological polar surface area (TPSA) is 52.9 Å². The SMILES string of the molecule is CCCn1c(CC)c(N)c(=O)n1C(CC)CC. The van der Waals surface area contributed by atoms with E-state index in [0.29, 0.717) is 5.69 Å². The van der Waals surface area contributed by atoms with Gasteiger partial charge < -0.3 is 5.73 Å². The van der Waals surface area contributed by atoms with Gasteiger partial charge in [0.1, 0.15) is 5.69 Å². The Bertz CT molecular complexity index is 413. The van der Waals surface area contributed by atoms with Gasteiger partial charge in [0, 0.05) is 6.54 Å². The van der Waals surface area contributed by atoms with Crippen molar-refractivity contribution in [2.45, 2.75) is 66.0 Å². The van der Waals surface area contributed by atoms with Gasteiger partial charge in [0.25, 0.3) is 5.56 Å². The van der Waals surface area contributed by atoms with Gasteiger partial charge in [0.2, 0.25) is 0 Å². The molecule has 0 aromatic carbocycles. The lowest BCUT2D eigenvalue weighted by Crippen LogP contribution is -2.28. The molecule has 0 spiro atoms. The van der Waals surface area contributed by atoms with Crippen molar-refractivity contribution in [2.75, 3.05) is 5.73 Å². The van der Waals surface area contributed by atoms with E-state index in [4.69, 9.17) is 5.73 Å². The van der Waals surface area contributed by atoms with Gasteiger partial charge in [-0.25, -0.2) is 4.68 Å². The van der Waals surface area contributed by atoms with Crippen LogP contribution in [0.15, 0.2) is 4.79 Å². The maximum atomic E-state index is 12.2. The molecule has 4 heteroatoms. The van der Waals surface area contributed by atoms with E-state index >= 15 is 0 Å². The number of anilines is 1. The molecule has 1 aromatic rings. The molecule has 1 rings (SSSR count). The van der Waals surface area contributed by atoms with Crippen molar-refractivity contribution in [3.8, 4) is 0 Å². The molecule has 0 saturated carbocycles. The van der Waals surface area contributed by atoms with Crippen LogP contribution in [0.3, 0.4) is 0 Å². The van der Waals surface area contributed by atoms with Gasteiger partial charge in [-0.2, -0.15) is 0 Å². The van der Waals surface area contributed by atoms with Crippen LogP contribution >= 0.6 is 0 Å². The first-order valence-electron chi connectivity index (χ1n) is 6.71. The van der Waals surface area contributed by atoms with Crippen LogP contribution in [0.4, 0.5) is 5.69 Å². The van der Waals surface area contributed by atoms with Crippen LogP contribution in [0.1, 0.15) is 58.7 Å². The van der Waals surface area contributed by atoms with E-state index in [1.165, 1.54) is 0 Å². The molecule has 1 aromatic heterocycles. The standard InChI is InChI=1S/C13H25N3O/c1-5-9-15-11(8-4)12(14)13(17)16(15)10(6-2)7-3/h10H,5-9,14H2,1-4H3. The van der Waals surface area contributed by atoms with Gasteiger partial charge >= 0.3 is 0 Å². The summed E-state index contributed by atoms with van der Waals surface area (Å²) in [4.78, 5) is 12.2. The smallest absolute Gasteiger partial charge is 0.290 e. The number of hydrogen-bond acceptors (Lipinski definition) is 2.